The Morgan fingerprint density at radius 1 is 1.60 bits per heavy atom. The van der Waals surface area contributed by atoms with Crippen LogP contribution < -0.4 is 10.6 Å². The summed E-state index contributed by atoms with van der Waals surface area (Å²) in [4.78, 5) is 3.57. The number of nitrogen functional groups attached to an aromatic ring is 1. The van der Waals surface area contributed by atoms with Crippen LogP contribution in [0.2, 0.25) is 0 Å². The van der Waals surface area contributed by atoms with Crippen molar-refractivity contribution in [2.75, 3.05) is 30.0 Å². The van der Waals surface area contributed by atoms with Crippen LogP contribution in [0.4, 0.5) is 10.8 Å². The molecule has 1 fully saturated rings. The smallest absolute Gasteiger partial charge is 0.153 e. The highest BCUT2D eigenvalue weighted by atomic mass is 32.2. The number of nitrogens with two attached hydrogens (primary N) is 1. The van der Waals surface area contributed by atoms with E-state index >= 15 is 0 Å². The van der Waals surface area contributed by atoms with E-state index in [1.807, 2.05) is 0 Å². The second-order valence-electron chi connectivity index (χ2n) is 3.89. The fraction of sp³-hybridized carbons (Fsp3) is 0.700. The fourth-order valence-electron chi connectivity index (χ4n) is 1.65. The molecule has 2 N–H and O–H groups in total. The van der Waals surface area contributed by atoms with Gasteiger partial charge in [-0.15, -0.1) is 11.8 Å². The van der Waals surface area contributed by atoms with Gasteiger partial charge in [0.1, 0.15) is 5.00 Å². The van der Waals surface area contributed by atoms with Crippen molar-refractivity contribution >= 4 is 34.1 Å². The predicted molar refractivity (Wildman–Crippen MR) is 68.9 cm³/mol. The first kappa shape index (κ1) is 11.1. The molecule has 3 nitrogen and oxygen atoms in total. The number of hydrogen-bond acceptors (Lipinski definition) is 5. The molecule has 0 aliphatic heterocycles. The maximum Gasteiger partial charge on any atom is 0.153 e. The van der Waals surface area contributed by atoms with Crippen molar-refractivity contribution in [1.82, 2.24) is 4.37 Å². The van der Waals surface area contributed by atoms with Crippen molar-refractivity contribution in [3.8, 4) is 0 Å². The van der Waals surface area contributed by atoms with Crippen LogP contribution in [0.5, 0.6) is 0 Å². The molecule has 5 heteroatoms. The molecule has 1 aromatic heterocycles. The van der Waals surface area contributed by atoms with Gasteiger partial charge in [-0.2, -0.15) is 4.37 Å². The molecule has 15 heavy (non-hydrogen) atoms. The Labute approximate surface area is 99.2 Å². The third-order valence-corrected chi connectivity index (χ3v) is 4.57. The van der Waals surface area contributed by atoms with Crippen LogP contribution in [-0.2, 0) is 0 Å². The summed E-state index contributed by atoms with van der Waals surface area (Å²) in [5, 5.41) is 1.26. The lowest BCUT2D eigenvalue weighted by Gasteiger charge is -2.21. The average Bonchev–Trinajstić information content (AvgIpc) is 2.98. The molecule has 1 heterocycles. The molecular formula is C10H17N3S2. The Kier molecular flexibility index (Phi) is 3.41. The Morgan fingerprint density at radius 3 is 2.87 bits per heavy atom. The van der Waals surface area contributed by atoms with Gasteiger partial charge in [-0.3, -0.25) is 0 Å². The van der Waals surface area contributed by atoms with Crippen LogP contribution >= 0.6 is 23.3 Å². The topological polar surface area (TPSA) is 42.2 Å². The Morgan fingerprint density at radius 2 is 2.33 bits per heavy atom. The SMILES string of the molecule is CCN(CC1CC1)c1snc(N)c1SC. The van der Waals surface area contributed by atoms with Gasteiger partial charge in [0.15, 0.2) is 5.82 Å². The van der Waals surface area contributed by atoms with Crippen molar-refractivity contribution in [1.29, 1.82) is 0 Å². The zero-order valence-corrected chi connectivity index (χ0v) is 10.8. The number of anilines is 2. The minimum atomic E-state index is 0.691. The summed E-state index contributed by atoms with van der Waals surface area (Å²) in [6, 6.07) is 0. The van der Waals surface area contributed by atoms with Crippen LogP contribution in [0.25, 0.3) is 0 Å². The molecule has 0 radical (unpaired) electrons. The number of rotatable bonds is 5. The summed E-state index contributed by atoms with van der Waals surface area (Å²) in [6.45, 7) is 4.42. The molecule has 0 unspecified atom stereocenters. The molecule has 0 saturated heterocycles. The van der Waals surface area contributed by atoms with Crippen LogP contribution in [0.1, 0.15) is 19.8 Å². The number of thioether (sulfide) groups is 1. The lowest BCUT2D eigenvalue weighted by Crippen LogP contribution is -2.24. The summed E-state index contributed by atoms with van der Waals surface area (Å²) in [7, 11) is 0. The van der Waals surface area contributed by atoms with Gasteiger partial charge < -0.3 is 10.6 Å². The average molecular weight is 243 g/mol. The van der Waals surface area contributed by atoms with E-state index in [9.17, 15) is 0 Å². The Balaban J connectivity index is 2.16. The van der Waals surface area contributed by atoms with E-state index in [1.54, 1.807) is 11.8 Å². The molecule has 0 amide bonds. The van der Waals surface area contributed by atoms with Crippen LogP contribution in [0.15, 0.2) is 4.90 Å². The summed E-state index contributed by atoms with van der Waals surface area (Å²) >= 11 is 3.23. The van der Waals surface area contributed by atoms with E-state index < -0.39 is 0 Å². The van der Waals surface area contributed by atoms with Gasteiger partial charge in [0.05, 0.1) is 4.90 Å². The number of nitrogens with zero attached hydrogens (tertiary/aromatic N) is 2. The van der Waals surface area contributed by atoms with Crippen LogP contribution in [0.3, 0.4) is 0 Å². The van der Waals surface area contributed by atoms with Gasteiger partial charge in [-0.1, -0.05) is 0 Å². The highest BCUT2D eigenvalue weighted by Crippen LogP contribution is 2.39. The number of aromatic nitrogens is 1. The van der Waals surface area contributed by atoms with Crippen LogP contribution in [0, 0.1) is 5.92 Å². The van der Waals surface area contributed by atoms with Crippen molar-refractivity contribution < 1.29 is 0 Å². The lowest BCUT2D eigenvalue weighted by molar-refractivity contribution is 0.743. The third kappa shape index (κ3) is 2.39. The van der Waals surface area contributed by atoms with E-state index in [0.717, 1.165) is 17.4 Å². The van der Waals surface area contributed by atoms with E-state index in [0.29, 0.717) is 5.82 Å². The second kappa shape index (κ2) is 4.61. The molecule has 1 aromatic rings. The van der Waals surface area contributed by atoms with Crippen molar-refractivity contribution in [2.24, 2.45) is 5.92 Å². The molecule has 0 aromatic carbocycles. The second-order valence-corrected chi connectivity index (χ2v) is 5.46. The van der Waals surface area contributed by atoms with Crippen molar-refractivity contribution in [3.05, 3.63) is 0 Å². The first-order valence-corrected chi connectivity index (χ1v) is 7.30. The fourth-order valence-corrected chi connectivity index (χ4v) is 3.41. The predicted octanol–water partition coefficient (Wildman–Crippen LogP) is 2.68. The molecule has 1 aliphatic carbocycles. The Bertz CT molecular complexity index is 333. The minimum absolute atomic E-state index is 0.691. The molecule has 84 valence electrons. The van der Waals surface area contributed by atoms with E-state index in [1.165, 1.54) is 35.9 Å². The molecule has 2 rings (SSSR count). The minimum Gasteiger partial charge on any atom is -0.382 e. The van der Waals surface area contributed by atoms with E-state index in [2.05, 4.69) is 22.5 Å². The first-order chi connectivity index (χ1) is 7.26. The Hall–Kier alpha value is -0.420. The summed E-state index contributed by atoms with van der Waals surface area (Å²) in [5.74, 6) is 1.60. The summed E-state index contributed by atoms with van der Waals surface area (Å²) in [5.41, 5.74) is 5.84. The standard InChI is InChI=1S/C10H17N3S2/c1-3-13(6-7-4-5-7)10-8(14-2)9(11)12-15-10/h7H,3-6H2,1-2H3,(H2,11,12). The van der Waals surface area contributed by atoms with Gasteiger partial charge in [0.25, 0.3) is 0 Å². The maximum absolute atomic E-state index is 5.84. The lowest BCUT2D eigenvalue weighted by atomic mass is 10.3. The maximum atomic E-state index is 5.84. The zero-order valence-electron chi connectivity index (χ0n) is 9.19. The largest absolute Gasteiger partial charge is 0.382 e. The van der Waals surface area contributed by atoms with Gasteiger partial charge in [-0.05, 0) is 43.5 Å². The zero-order chi connectivity index (χ0) is 10.8. The van der Waals surface area contributed by atoms with Crippen molar-refractivity contribution in [3.63, 3.8) is 0 Å². The highest BCUT2D eigenvalue weighted by Gasteiger charge is 2.26. The normalized spacial score (nSPS) is 15.6. The third-order valence-electron chi connectivity index (χ3n) is 2.71. The molecular weight excluding hydrogens is 226 g/mol. The molecule has 1 saturated carbocycles. The van der Waals surface area contributed by atoms with Gasteiger partial charge in [-0.25, -0.2) is 0 Å². The van der Waals surface area contributed by atoms with Crippen LogP contribution in [-0.4, -0.2) is 23.7 Å². The molecule has 0 bridgehead atoms. The molecule has 0 spiro atoms. The number of hydrogen-bond donors (Lipinski definition) is 1. The van der Waals surface area contributed by atoms with Crippen molar-refractivity contribution in [2.45, 2.75) is 24.7 Å². The molecule has 0 atom stereocenters. The van der Waals surface area contributed by atoms with Gasteiger partial charge in [0, 0.05) is 13.1 Å². The summed E-state index contributed by atoms with van der Waals surface area (Å²) in [6.07, 6.45) is 4.84. The van der Waals surface area contributed by atoms with E-state index in [4.69, 9.17) is 5.73 Å². The van der Waals surface area contributed by atoms with Gasteiger partial charge in [0.2, 0.25) is 0 Å². The first-order valence-electron chi connectivity index (χ1n) is 5.30. The highest BCUT2D eigenvalue weighted by molar-refractivity contribution is 7.99. The van der Waals surface area contributed by atoms with Gasteiger partial charge >= 0.3 is 0 Å². The summed E-state index contributed by atoms with van der Waals surface area (Å²) < 4.78 is 4.24. The molecule has 1 aliphatic rings. The monoisotopic (exact) mass is 243 g/mol. The van der Waals surface area contributed by atoms with E-state index in [-0.39, 0.29) is 0 Å². The quantitative estimate of drug-likeness (QED) is 0.807.